The van der Waals surface area contributed by atoms with Crippen LogP contribution in [0, 0.1) is 5.41 Å². The van der Waals surface area contributed by atoms with Gasteiger partial charge in [0.15, 0.2) is 0 Å². The van der Waals surface area contributed by atoms with E-state index in [1.807, 2.05) is 18.2 Å². The molecule has 0 aliphatic heterocycles. The van der Waals surface area contributed by atoms with E-state index in [0.29, 0.717) is 6.42 Å². The molecule has 2 nitrogen and oxygen atoms in total. The van der Waals surface area contributed by atoms with Crippen molar-refractivity contribution in [1.29, 1.82) is 0 Å². The summed E-state index contributed by atoms with van der Waals surface area (Å²) in [6.45, 7) is 10.2. The average molecular weight is 282 g/mol. The molecule has 0 radical (unpaired) electrons. The highest BCUT2D eigenvalue weighted by Crippen LogP contribution is 2.42. The van der Waals surface area contributed by atoms with Crippen molar-refractivity contribution in [2.45, 2.75) is 33.1 Å². The quantitative estimate of drug-likeness (QED) is 0.801. The van der Waals surface area contributed by atoms with Gasteiger partial charge in [-0.1, -0.05) is 69.8 Å². The van der Waals surface area contributed by atoms with Crippen LogP contribution in [0.3, 0.4) is 0 Å². The lowest BCUT2D eigenvalue weighted by Gasteiger charge is -2.32. The van der Waals surface area contributed by atoms with Crippen LogP contribution in [0.25, 0.3) is 10.8 Å². The Morgan fingerprint density at radius 2 is 1.76 bits per heavy atom. The molecule has 0 amide bonds. The minimum atomic E-state index is -0.913. The monoisotopic (exact) mass is 282 g/mol. The summed E-state index contributed by atoms with van der Waals surface area (Å²) in [6, 6.07) is 14.5. The van der Waals surface area contributed by atoms with E-state index in [4.69, 9.17) is 5.11 Å². The van der Waals surface area contributed by atoms with Crippen molar-refractivity contribution in [1.82, 2.24) is 0 Å². The van der Waals surface area contributed by atoms with E-state index in [1.165, 1.54) is 16.3 Å². The van der Waals surface area contributed by atoms with Crippen LogP contribution in [-0.4, -0.2) is 11.1 Å². The van der Waals surface area contributed by atoms with E-state index in [1.54, 1.807) is 0 Å². The van der Waals surface area contributed by atoms with Crippen LogP contribution in [0.5, 0.6) is 0 Å². The molecular formula is C19H22O2. The lowest BCUT2D eigenvalue weighted by atomic mass is 9.72. The molecular weight excluding hydrogens is 260 g/mol. The molecule has 0 spiro atoms. The highest BCUT2D eigenvalue weighted by molar-refractivity contribution is 5.88. The molecule has 2 heteroatoms. The number of benzene rings is 2. The summed E-state index contributed by atoms with van der Waals surface area (Å²) in [6.07, 6.45) is 0.465. The minimum absolute atomic E-state index is 0.0392. The van der Waals surface area contributed by atoms with Crippen LogP contribution in [0.2, 0.25) is 0 Å². The lowest BCUT2D eigenvalue weighted by Crippen LogP contribution is -2.20. The summed E-state index contributed by atoms with van der Waals surface area (Å²) >= 11 is 0. The van der Waals surface area contributed by atoms with Gasteiger partial charge in [0.25, 0.3) is 0 Å². The van der Waals surface area contributed by atoms with Gasteiger partial charge in [-0.2, -0.15) is 0 Å². The van der Waals surface area contributed by atoms with Crippen molar-refractivity contribution in [3.63, 3.8) is 0 Å². The van der Waals surface area contributed by atoms with Gasteiger partial charge in [-0.15, -0.1) is 0 Å². The van der Waals surface area contributed by atoms with Gasteiger partial charge in [0.1, 0.15) is 0 Å². The third-order valence-corrected chi connectivity index (χ3v) is 4.00. The van der Waals surface area contributed by atoms with Gasteiger partial charge in [0.05, 0.1) is 0 Å². The fourth-order valence-electron chi connectivity index (χ4n) is 2.77. The largest absolute Gasteiger partial charge is 0.478 e. The second-order valence-corrected chi connectivity index (χ2v) is 6.60. The van der Waals surface area contributed by atoms with Gasteiger partial charge in [-0.05, 0) is 34.1 Å². The molecule has 2 rings (SSSR count). The second-order valence-electron chi connectivity index (χ2n) is 6.60. The molecule has 0 aromatic heterocycles. The standard InChI is InChI=1S/C19H22O2/c1-13(18(20)21)12-17(19(2,3)4)16-11-7-9-14-8-5-6-10-15(14)16/h5-11,17H,1,12H2,2-4H3,(H,20,21). The van der Waals surface area contributed by atoms with Gasteiger partial charge >= 0.3 is 5.97 Å². The number of rotatable bonds is 4. The number of aliphatic carboxylic acids is 1. The van der Waals surface area contributed by atoms with Gasteiger partial charge in [-0.25, -0.2) is 4.79 Å². The molecule has 0 saturated heterocycles. The molecule has 0 fully saturated rings. The number of carbonyl (C=O) groups is 1. The zero-order valence-electron chi connectivity index (χ0n) is 12.9. The normalized spacial score (nSPS) is 13.1. The SMILES string of the molecule is C=C(CC(c1cccc2ccccc12)C(C)(C)C)C(=O)O. The Morgan fingerprint density at radius 1 is 1.14 bits per heavy atom. The van der Waals surface area contributed by atoms with Gasteiger partial charge in [0, 0.05) is 5.57 Å². The summed E-state index contributed by atoms with van der Waals surface area (Å²) in [5, 5.41) is 11.5. The molecule has 110 valence electrons. The molecule has 0 aliphatic carbocycles. The van der Waals surface area contributed by atoms with Crippen molar-refractivity contribution in [3.8, 4) is 0 Å². The number of carboxylic acids is 1. The Hall–Kier alpha value is -2.09. The minimum Gasteiger partial charge on any atom is -0.478 e. The van der Waals surface area contributed by atoms with Gasteiger partial charge in [0.2, 0.25) is 0 Å². The number of hydrogen-bond donors (Lipinski definition) is 1. The Morgan fingerprint density at radius 3 is 2.38 bits per heavy atom. The van der Waals surface area contributed by atoms with Crippen LogP contribution >= 0.6 is 0 Å². The first-order chi connectivity index (χ1) is 9.80. The maximum Gasteiger partial charge on any atom is 0.330 e. The molecule has 1 atom stereocenters. The highest BCUT2D eigenvalue weighted by atomic mass is 16.4. The molecule has 1 N–H and O–H groups in total. The second kappa shape index (κ2) is 5.72. The van der Waals surface area contributed by atoms with Crippen LogP contribution in [0.4, 0.5) is 0 Å². The molecule has 0 aliphatic rings. The highest BCUT2D eigenvalue weighted by Gasteiger charge is 2.29. The summed E-state index contributed by atoms with van der Waals surface area (Å²) in [7, 11) is 0. The van der Waals surface area contributed by atoms with Crippen LogP contribution in [0.15, 0.2) is 54.6 Å². The summed E-state index contributed by atoms with van der Waals surface area (Å²) in [4.78, 5) is 11.2. The summed E-state index contributed by atoms with van der Waals surface area (Å²) < 4.78 is 0. The molecule has 0 heterocycles. The zero-order chi connectivity index (χ0) is 15.6. The van der Waals surface area contributed by atoms with Gasteiger partial charge in [-0.3, -0.25) is 0 Å². The number of carboxylic acid groups (broad SMARTS) is 1. The van der Waals surface area contributed by atoms with E-state index in [-0.39, 0.29) is 16.9 Å². The fourth-order valence-corrected chi connectivity index (χ4v) is 2.77. The molecule has 2 aromatic rings. The van der Waals surface area contributed by atoms with E-state index >= 15 is 0 Å². The summed E-state index contributed by atoms with van der Waals surface area (Å²) in [5.41, 5.74) is 1.42. The van der Waals surface area contributed by atoms with E-state index in [9.17, 15) is 4.79 Å². The van der Waals surface area contributed by atoms with Crippen LogP contribution < -0.4 is 0 Å². The first-order valence-corrected chi connectivity index (χ1v) is 7.19. The Kier molecular flexibility index (Phi) is 4.17. The number of fused-ring (bicyclic) bond motifs is 1. The first kappa shape index (κ1) is 15.3. The van der Waals surface area contributed by atoms with Crippen molar-refractivity contribution in [2.75, 3.05) is 0 Å². The van der Waals surface area contributed by atoms with Crippen molar-refractivity contribution >= 4 is 16.7 Å². The topological polar surface area (TPSA) is 37.3 Å². The average Bonchev–Trinajstić information content (AvgIpc) is 2.42. The summed E-state index contributed by atoms with van der Waals surface area (Å²) in [5.74, 6) is -0.795. The Bertz CT molecular complexity index is 672. The van der Waals surface area contributed by atoms with Crippen molar-refractivity contribution < 1.29 is 9.90 Å². The first-order valence-electron chi connectivity index (χ1n) is 7.19. The fraction of sp³-hybridized carbons (Fsp3) is 0.316. The Labute approximate surface area is 126 Å². The lowest BCUT2D eigenvalue weighted by molar-refractivity contribution is -0.132. The smallest absolute Gasteiger partial charge is 0.330 e. The number of hydrogen-bond acceptors (Lipinski definition) is 1. The maximum absolute atomic E-state index is 11.2. The van der Waals surface area contributed by atoms with Crippen LogP contribution in [0.1, 0.15) is 38.7 Å². The zero-order valence-corrected chi connectivity index (χ0v) is 12.9. The van der Waals surface area contributed by atoms with Gasteiger partial charge < -0.3 is 5.11 Å². The third-order valence-electron chi connectivity index (χ3n) is 4.00. The molecule has 0 bridgehead atoms. The van der Waals surface area contributed by atoms with E-state index in [2.05, 4.69) is 51.6 Å². The molecule has 2 aromatic carbocycles. The molecule has 0 saturated carbocycles. The van der Waals surface area contributed by atoms with Crippen LogP contribution in [-0.2, 0) is 4.79 Å². The third kappa shape index (κ3) is 3.33. The maximum atomic E-state index is 11.2. The van der Waals surface area contributed by atoms with E-state index in [0.717, 1.165) is 0 Å². The van der Waals surface area contributed by atoms with Crippen molar-refractivity contribution in [3.05, 3.63) is 60.2 Å². The molecule has 1 unspecified atom stereocenters. The Balaban J connectivity index is 2.54. The predicted octanol–water partition coefficient (Wildman–Crippen LogP) is 5.00. The van der Waals surface area contributed by atoms with Crippen molar-refractivity contribution in [2.24, 2.45) is 5.41 Å². The predicted molar refractivity (Wildman–Crippen MR) is 87.5 cm³/mol. The van der Waals surface area contributed by atoms with E-state index < -0.39 is 5.97 Å². The molecule has 21 heavy (non-hydrogen) atoms.